The summed E-state index contributed by atoms with van der Waals surface area (Å²) < 4.78 is 0. The summed E-state index contributed by atoms with van der Waals surface area (Å²) >= 11 is 1.43. The van der Waals surface area contributed by atoms with E-state index in [-0.39, 0.29) is 17.3 Å². The highest BCUT2D eigenvalue weighted by molar-refractivity contribution is 7.13. The fraction of sp³-hybridized carbons (Fsp3) is 0.333. The van der Waals surface area contributed by atoms with Crippen molar-refractivity contribution in [2.45, 2.75) is 6.92 Å². The van der Waals surface area contributed by atoms with Gasteiger partial charge in [-0.05, 0) is 19.1 Å². The average Bonchev–Trinajstić information content (AvgIpc) is 3.03. The van der Waals surface area contributed by atoms with Crippen LogP contribution in [-0.2, 0) is 0 Å². The Morgan fingerprint density at radius 2 is 1.64 bits per heavy atom. The smallest absolute Gasteiger partial charge is 0.326 e. The molecule has 2 aromatic heterocycles. The Morgan fingerprint density at radius 3 is 2.20 bits per heavy atom. The number of rotatable bonds is 2. The topological polar surface area (TPSA) is 132 Å². The summed E-state index contributed by atoms with van der Waals surface area (Å²) in [6.45, 7) is 3.26. The number of piperazine rings is 1. The fourth-order valence-electron chi connectivity index (χ4n) is 2.64. The van der Waals surface area contributed by atoms with Crippen molar-refractivity contribution in [3.8, 4) is 0 Å². The van der Waals surface area contributed by atoms with Crippen molar-refractivity contribution < 1.29 is 9.59 Å². The van der Waals surface area contributed by atoms with Crippen LogP contribution in [0.25, 0.3) is 0 Å². The molecule has 4 N–H and O–H groups in total. The standard InChI is InChI=1S/C15H17N5O4S/c1-8-2-3-9(25-8)13(22)19-4-6-20(7-5-19)14(23)11-10(16)12(21)18-15(24)17-11/h2-3H,4-7,16H2,1H3,(H2,17,18,21,24). The van der Waals surface area contributed by atoms with E-state index in [1.54, 1.807) is 11.0 Å². The number of anilines is 1. The molecule has 1 aliphatic heterocycles. The second-order valence-electron chi connectivity index (χ2n) is 5.69. The zero-order valence-electron chi connectivity index (χ0n) is 13.5. The molecule has 25 heavy (non-hydrogen) atoms. The van der Waals surface area contributed by atoms with Crippen LogP contribution in [0.15, 0.2) is 21.7 Å². The Labute approximate surface area is 146 Å². The first-order chi connectivity index (χ1) is 11.9. The van der Waals surface area contributed by atoms with Crippen LogP contribution >= 0.6 is 11.3 Å². The van der Waals surface area contributed by atoms with Crippen LogP contribution in [0.5, 0.6) is 0 Å². The minimum Gasteiger partial charge on any atom is -0.392 e. The number of hydrogen-bond acceptors (Lipinski definition) is 6. The first kappa shape index (κ1) is 17.0. The van der Waals surface area contributed by atoms with Crippen molar-refractivity contribution in [3.05, 3.63) is 48.4 Å². The predicted molar refractivity (Wildman–Crippen MR) is 93.0 cm³/mol. The lowest BCUT2D eigenvalue weighted by molar-refractivity contribution is 0.0535. The van der Waals surface area contributed by atoms with E-state index >= 15 is 0 Å². The third-order valence-electron chi connectivity index (χ3n) is 4.00. The Balaban J connectivity index is 1.70. The highest BCUT2D eigenvalue weighted by atomic mass is 32.1. The Kier molecular flexibility index (Phi) is 4.45. The number of thiophene rings is 1. The molecular formula is C15H17N5O4S. The largest absolute Gasteiger partial charge is 0.392 e. The van der Waals surface area contributed by atoms with Crippen molar-refractivity contribution in [1.82, 2.24) is 19.8 Å². The number of aromatic amines is 2. The number of aromatic nitrogens is 2. The van der Waals surface area contributed by atoms with E-state index in [2.05, 4.69) is 4.98 Å². The Hall–Kier alpha value is -2.88. The van der Waals surface area contributed by atoms with E-state index in [0.717, 1.165) is 4.88 Å². The first-order valence-corrected chi connectivity index (χ1v) is 8.45. The minimum absolute atomic E-state index is 0.0609. The molecule has 0 spiro atoms. The molecule has 1 saturated heterocycles. The van der Waals surface area contributed by atoms with Gasteiger partial charge < -0.3 is 20.5 Å². The number of carbonyl (C=O) groups excluding carboxylic acids is 2. The van der Waals surface area contributed by atoms with Gasteiger partial charge in [0.15, 0.2) is 0 Å². The summed E-state index contributed by atoms with van der Waals surface area (Å²) in [5.74, 6) is -0.589. The van der Waals surface area contributed by atoms with Gasteiger partial charge in [0.2, 0.25) is 0 Å². The molecule has 3 rings (SSSR count). The molecule has 0 radical (unpaired) electrons. The Morgan fingerprint density at radius 1 is 1.04 bits per heavy atom. The summed E-state index contributed by atoms with van der Waals surface area (Å²) in [4.78, 5) is 56.9. The molecule has 0 unspecified atom stereocenters. The van der Waals surface area contributed by atoms with Crippen LogP contribution in [0, 0.1) is 6.92 Å². The van der Waals surface area contributed by atoms with Crippen molar-refractivity contribution >= 4 is 28.8 Å². The second-order valence-corrected chi connectivity index (χ2v) is 6.98. The number of nitrogens with one attached hydrogen (secondary N) is 2. The highest BCUT2D eigenvalue weighted by Crippen LogP contribution is 2.18. The van der Waals surface area contributed by atoms with E-state index in [1.165, 1.54) is 16.2 Å². The SMILES string of the molecule is Cc1ccc(C(=O)N2CCN(C(=O)c3[nH]c(=O)[nH]c(=O)c3N)CC2)s1. The van der Waals surface area contributed by atoms with Gasteiger partial charge in [-0.3, -0.25) is 19.4 Å². The van der Waals surface area contributed by atoms with Crippen molar-refractivity contribution in [2.75, 3.05) is 31.9 Å². The van der Waals surface area contributed by atoms with Gasteiger partial charge in [0, 0.05) is 31.1 Å². The molecule has 0 saturated carbocycles. The van der Waals surface area contributed by atoms with E-state index in [1.807, 2.05) is 18.0 Å². The number of carbonyl (C=O) groups is 2. The molecular weight excluding hydrogens is 346 g/mol. The molecule has 2 aromatic rings. The summed E-state index contributed by atoms with van der Waals surface area (Å²) in [6, 6.07) is 3.69. The van der Waals surface area contributed by atoms with E-state index < -0.39 is 17.2 Å². The first-order valence-electron chi connectivity index (χ1n) is 7.64. The van der Waals surface area contributed by atoms with Crippen molar-refractivity contribution in [1.29, 1.82) is 0 Å². The summed E-state index contributed by atoms with van der Waals surface area (Å²) in [5, 5.41) is 0. The normalized spacial score (nSPS) is 14.6. The lowest BCUT2D eigenvalue weighted by Gasteiger charge is -2.34. The molecule has 10 heteroatoms. The molecule has 2 amide bonds. The van der Waals surface area contributed by atoms with Crippen molar-refractivity contribution in [2.24, 2.45) is 0 Å². The maximum Gasteiger partial charge on any atom is 0.326 e. The van der Waals surface area contributed by atoms with Gasteiger partial charge in [0.25, 0.3) is 17.4 Å². The number of nitrogens with two attached hydrogens (primary N) is 1. The predicted octanol–water partition coefficient (Wildman–Crippen LogP) is -0.386. The van der Waals surface area contributed by atoms with Gasteiger partial charge in [-0.15, -0.1) is 11.3 Å². The lowest BCUT2D eigenvalue weighted by Crippen LogP contribution is -2.51. The molecule has 0 aromatic carbocycles. The van der Waals surface area contributed by atoms with Crippen LogP contribution in [0.3, 0.4) is 0 Å². The summed E-state index contributed by atoms with van der Waals surface area (Å²) in [6.07, 6.45) is 0. The van der Waals surface area contributed by atoms with Gasteiger partial charge in [-0.25, -0.2) is 4.79 Å². The van der Waals surface area contributed by atoms with Crippen molar-refractivity contribution in [3.63, 3.8) is 0 Å². The van der Waals surface area contributed by atoms with Crippen LogP contribution in [0.4, 0.5) is 5.69 Å². The lowest BCUT2D eigenvalue weighted by atomic mass is 10.2. The van der Waals surface area contributed by atoms with Gasteiger partial charge >= 0.3 is 5.69 Å². The van der Waals surface area contributed by atoms with Gasteiger partial charge in [0.05, 0.1) is 4.88 Å². The number of aryl methyl sites for hydroxylation is 1. The quantitative estimate of drug-likeness (QED) is 0.669. The summed E-state index contributed by atoms with van der Waals surface area (Å²) in [7, 11) is 0. The average molecular weight is 363 g/mol. The highest BCUT2D eigenvalue weighted by Gasteiger charge is 2.28. The molecule has 132 valence electrons. The number of nitrogens with zero attached hydrogens (tertiary/aromatic N) is 2. The molecule has 1 fully saturated rings. The Bertz CT molecular complexity index is 936. The number of H-pyrrole nitrogens is 2. The van der Waals surface area contributed by atoms with Gasteiger partial charge in [-0.1, -0.05) is 0 Å². The fourth-order valence-corrected chi connectivity index (χ4v) is 3.48. The van der Waals surface area contributed by atoms with E-state index in [0.29, 0.717) is 31.1 Å². The van der Waals surface area contributed by atoms with E-state index in [9.17, 15) is 19.2 Å². The van der Waals surface area contributed by atoms with Crippen LogP contribution < -0.4 is 17.0 Å². The van der Waals surface area contributed by atoms with Crippen LogP contribution in [-0.4, -0.2) is 57.8 Å². The zero-order valence-corrected chi connectivity index (χ0v) is 14.3. The molecule has 0 bridgehead atoms. The number of hydrogen-bond donors (Lipinski definition) is 3. The molecule has 3 heterocycles. The van der Waals surface area contributed by atoms with Gasteiger partial charge in [-0.2, -0.15) is 0 Å². The second kappa shape index (κ2) is 6.55. The maximum absolute atomic E-state index is 12.5. The molecule has 9 nitrogen and oxygen atoms in total. The molecule has 0 atom stereocenters. The number of nitrogen functional groups attached to an aromatic ring is 1. The maximum atomic E-state index is 12.5. The minimum atomic E-state index is -0.797. The summed E-state index contributed by atoms with van der Waals surface area (Å²) in [5.41, 5.74) is 3.46. The van der Waals surface area contributed by atoms with E-state index in [4.69, 9.17) is 5.73 Å². The molecule has 0 aliphatic carbocycles. The number of amides is 2. The third kappa shape index (κ3) is 3.33. The van der Waals surface area contributed by atoms with Crippen LogP contribution in [0.2, 0.25) is 0 Å². The van der Waals surface area contributed by atoms with Crippen LogP contribution in [0.1, 0.15) is 25.0 Å². The third-order valence-corrected chi connectivity index (χ3v) is 4.99. The molecule has 1 aliphatic rings. The van der Waals surface area contributed by atoms with Gasteiger partial charge in [0.1, 0.15) is 11.4 Å². The monoisotopic (exact) mass is 363 g/mol. The zero-order chi connectivity index (χ0) is 18.1.